The van der Waals surface area contributed by atoms with Crippen LogP contribution in [0.4, 0.5) is 0 Å². The maximum absolute atomic E-state index is 13.5. The van der Waals surface area contributed by atoms with Gasteiger partial charge in [-0.05, 0) is 62.8 Å². The Balaban J connectivity index is 2.21. The van der Waals surface area contributed by atoms with Gasteiger partial charge in [0.2, 0.25) is 11.8 Å². The van der Waals surface area contributed by atoms with Crippen LogP contribution in [-0.4, -0.2) is 44.8 Å². The van der Waals surface area contributed by atoms with Crippen molar-refractivity contribution in [3.8, 4) is 0 Å². The predicted octanol–water partition coefficient (Wildman–Crippen LogP) is 5.65. The second-order valence-electron chi connectivity index (χ2n) is 10.7. The van der Waals surface area contributed by atoms with Crippen LogP contribution < -0.4 is 0 Å². The SMILES string of the molecule is CCC(C)N(Cc1cccn1Cc1ccccc1C)C(=O)CN(C(=O)CC(C)(C)C)C(C)C. The highest BCUT2D eigenvalue weighted by Gasteiger charge is 2.28. The molecule has 182 valence electrons. The third-order valence-electron chi connectivity index (χ3n) is 6.23. The molecule has 1 atom stereocenters. The minimum atomic E-state index is -0.111. The number of hydrogen-bond acceptors (Lipinski definition) is 2. The van der Waals surface area contributed by atoms with E-state index >= 15 is 0 Å². The van der Waals surface area contributed by atoms with Crippen molar-refractivity contribution < 1.29 is 9.59 Å². The van der Waals surface area contributed by atoms with Gasteiger partial charge in [-0.1, -0.05) is 52.0 Å². The molecule has 0 saturated carbocycles. The summed E-state index contributed by atoms with van der Waals surface area (Å²) in [5, 5.41) is 0. The summed E-state index contributed by atoms with van der Waals surface area (Å²) < 4.78 is 2.22. The molecule has 2 amide bonds. The maximum Gasteiger partial charge on any atom is 0.242 e. The van der Waals surface area contributed by atoms with Crippen LogP contribution in [0.5, 0.6) is 0 Å². The van der Waals surface area contributed by atoms with E-state index in [-0.39, 0.29) is 35.9 Å². The number of rotatable bonds is 10. The Morgan fingerprint density at radius 1 is 0.970 bits per heavy atom. The molecule has 33 heavy (non-hydrogen) atoms. The number of benzene rings is 1. The fraction of sp³-hybridized carbons (Fsp3) is 0.571. The Bertz CT molecular complexity index is 923. The van der Waals surface area contributed by atoms with Gasteiger partial charge in [0.1, 0.15) is 0 Å². The smallest absolute Gasteiger partial charge is 0.242 e. The van der Waals surface area contributed by atoms with Gasteiger partial charge >= 0.3 is 0 Å². The van der Waals surface area contributed by atoms with Gasteiger partial charge in [-0.2, -0.15) is 0 Å². The first-order chi connectivity index (χ1) is 15.4. The topological polar surface area (TPSA) is 45.6 Å². The molecule has 0 aliphatic carbocycles. The van der Waals surface area contributed by atoms with Crippen molar-refractivity contribution in [2.24, 2.45) is 5.41 Å². The predicted molar refractivity (Wildman–Crippen MR) is 136 cm³/mol. The second kappa shape index (κ2) is 11.5. The molecule has 0 spiro atoms. The van der Waals surface area contributed by atoms with Crippen LogP contribution in [0.1, 0.15) is 78.1 Å². The molecule has 5 nitrogen and oxygen atoms in total. The monoisotopic (exact) mass is 453 g/mol. The minimum Gasteiger partial charge on any atom is -0.345 e. The molecule has 0 aliphatic heterocycles. The largest absolute Gasteiger partial charge is 0.345 e. The molecular weight excluding hydrogens is 410 g/mol. The molecular formula is C28H43N3O2. The summed E-state index contributed by atoms with van der Waals surface area (Å²) in [5.74, 6) is 0.0434. The lowest BCUT2D eigenvalue weighted by molar-refractivity contribution is -0.144. The Hall–Kier alpha value is -2.56. The van der Waals surface area contributed by atoms with Crippen LogP contribution in [0, 0.1) is 12.3 Å². The fourth-order valence-electron chi connectivity index (χ4n) is 3.95. The maximum atomic E-state index is 13.5. The molecule has 5 heteroatoms. The van der Waals surface area contributed by atoms with E-state index in [0.717, 1.165) is 18.7 Å². The number of amides is 2. The van der Waals surface area contributed by atoms with Crippen molar-refractivity contribution in [1.29, 1.82) is 0 Å². The number of nitrogens with zero attached hydrogens (tertiary/aromatic N) is 3. The molecule has 0 bridgehead atoms. The van der Waals surface area contributed by atoms with E-state index in [1.165, 1.54) is 11.1 Å². The van der Waals surface area contributed by atoms with E-state index in [2.05, 4.69) is 82.6 Å². The van der Waals surface area contributed by atoms with Crippen molar-refractivity contribution in [2.75, 3.05) is 6.54 Å². The Morgan fingerprint density at radius 2 is 1.64 bits per heavy atom. The summed E-state index contributed by atoms with van der Waals surface area (Å²) in [5.41, 5.74) is 3.52. The molecule has 0 aliphatic rings. The fourth-order valence-corrected chi connectivity index (χ4v) is 3.95. The Kier molecular flexibility index (Phi) is 9.33. The van der Waals surface area contributed by atoms with Crippen molar-refractivity contribution in [3.63, 3.8) is 0 Å². The molecule has 0 N–H and O–H groups in total. The van der Waals surface area contributed by atoms with Crippen LogP contribution in [0.3, 0.4) is 0 Å². The Morgan fingerprint density at radius 3 is 2.21 bits per heavy atom. The molecule has 0 radical (unpaired) electrons. The standard InChI is InChI=1S/C28H43N3O2/c1-9-23(5)31(27(33)20-30(21(2)3)26(32)17-28(6,7)8)19-25-15-12-16-29(25)18-24-14-11-10-13-22(24)4/h10-16,21,23H,9,17-20H2,1-8H3. The van der Waals surface area contributed by atoms with Gasteiger partial charge in [0.05, 0.1) is 13.1 Å². The van der Waals surface area contributed by atoms with Gasteiger partial charge in [0, 0.05) is 36.9 Å². The molecule has 1 unspecified atom stereocenters. The van der Waals surface area contributed by atoms with Gasteiger partial charge in [0.15, 0.2) is 0 Å². The average molecular weight is 454 g/mol. The normalized spacial score (nSPS) is 12.6. The lowest BCUT2D eigenvalue weighted by atomic mass is 9.91. The van der Waals surface area contributed by atoms with Crippen LogP contribution in [0.15, 0.2) is 42.6 Å². The first-order valence-electron chi connectivity index (χ1n) is 12.2. The lowest BCUT2D eigenvalue weighted by Gasteiger charge is -2.34. The summed E-state index contributed by atoms with van der Waals surface area (Å²) in [7, 11) is 0. The van der Waals surface area contributed by atoms with Crippen LogP contribution in [0.25, 0.3) is 0 Å². The van der Waals surface area contributed by atoms with E-state index in [4.69, 9.17) is 0 Å². The van der Waals surface area contributed by atoms with E-state index in [9.17, 15) is 9.59 Å². The zero-order chi connectivity index (χ0) is 24.8. The highest BCUT2D eigenvalue weighted by Crippen LogP contribution is 2.21. The highest BCUT2D eigenvalue weighted by molar-refractivity contribution is 5.85. The quantitative estimate of drug-likeness (QED) is 0.467. The minimum absolute atomic E-state index is 0.00366. The molecule has 1 aromatic heterocycles. The van der Waals surface area contributed by atoms with Crippen molar-refractivity contribution >= 4 is 11.8 Å². The van der Waals surface area contributed by atoms with Crippen molar-refractivity contribution in [1.82, 2.24) is 14.4 Å². The van der Waals surface area contributed by atoms with E-state index < -0.39 is 0 Å². The van der Waals surface area contributed by atoms with Gasteiger partial charge in [-0.3, -0.25) is 9.59 Å². The first kappa shape index (κ1) is 26.7. The van der Waals surface area contributed by atoms with Crippen LogP contribution in [0.2, 0.25) is 0 Å². The zero-order valence-corrected chi connectivity index (χ0v) is 21.9. The molecule has 2 aromatic rings. The van der Waals surface area contributed by atoms with E-state index in [1.807, 2.05) is 24.8 Å². The summed E-state index contributed by atoms with van der Waals surface area (Å²) in [6, 6.07) is 12.6. The number of carbonyl (C=O) groups excluding carboxylic acids is 2. The van der Waals surface area contributed by atoms with Gasteiger partial charge < -0.3 is 14.4 Å². The molecule has 1 heterocycles. The number of hydrogen-bond donors (Lipinski definition) is 0. The van der Waals surface area contributed by atoms with Crippen LogP contribution in [-0.2, 0) is 22.7 Å². The van der Waals surface area contributed by atoms with E-state index in [1.54, 1.807) is 4.90 Å². The Labute approximate surface area is 200 Å². The summed E-state index contributed by atoms with van der Waals surface area (Å²) in [6.07, 6.45) is 3.37. The lowest BCUT2D eigenvalue weighted by Crippen LogP contribution is -2.48. The summed E-state index contributed by atoms with van der Waals surface area (Å²) in [4.78, 5) is 30.1. The van der Waals surface area contributed by atoms with Gasteiger partial charge in [-0.25, -0.2) is 0 Å². The highest BCUT2D eigenvalue weighted by atomic mass is 16.2. The average Bonchev–Trinajstić information content (AvgIpc) is 3.16. The number of aryl methyl sites for hydroxylation is 1. The number of carbonyl (C=O) groups is 2. The zero-order valence-electron chi connectivity index (χ0n) is 21.9. The van der Waals surface area contributed by atoms with Crippen molar-refractivity contribution in [2.45, 2.75) is 93.4 Å². The van der Waals surface area contributed by atoms with Crippen LogP contribution >= 0.6 is 0 Å². The van der Waals surface area contributed by atoms with Gasteiger partial charge in [-0.15, -0.1) is 0 Å². The molecule has 0 saturated heterocycles. The summed E-state index contributed by atoms with van der Waals surface area (Å²) in [6.45, 7) is 17.9. The van der Waals surface area contributed by atoms with Gasteiger partial charge in [0.25, 0.3) is 0 Å². The molecule has 2 rings (SSSR count). The third-order valence-corrected chi connectivity index (χ3v) is 6.23. The molecule has 0 fully saturated rings. The van der Waals surface area contributed by atoms with E-state index in [0.29, 0.717) is 13.0 Å². The molecule has 1 aromatic carbocycles. The second-order valence-corrected chi connectivity index (χ2v) is 10.7. The third kappa shape index (κ3) is 7.76. The number of aromatic nitrogens is 1. The summed E-state index contributed by atoms with van der Waals surface area (Å²) >= 11 is 0. The first-order valence-corrected chi connectivity index (χ1v) is 12.2. The van der Waals surface area contributed by atoms with Crippen molar-refractivity contribution in [3.05, 3.63) is 59.4 Å².